The summed E-state index contributed by atoms with van der Waals surface area (Å²) in [6.07, 6.45) is 1.76. The van der Waals surface area contributed by atoms with E-state index < -0.39 is 0 Å². The van der Waals surface area contributed by atoms with E-state index in [0.29, 0.717) is 0 Å². The van der Waals surface area contributed by atoms with Gasteiger partial charge in [-0.15, -0.1) is 0 Å². The molecule has 54 valence electrons. The van der Waals surface area contributed by atoms with Crippen molar-refractivity contribution < 1.29 is 0 Å². The van der Waals surface area contributed by atoms with E-state index in [2.05, 4.69) is 32.4 Å². The van der Waals surface area contributed by atoms with Crippen LogP contribution in [0.2, 0.25) is 0 Å². The van der Waals surface area contributed by atoms with E-state index in [1.165, 1.54) is 0 Å². The predicted molar refractivity (Wildman–Crippen MR) is 51.2 cm³/mol. The van der Waals surface area contributed by atoms with E-state index in [4.69, 9.17) is 11.8 Å². The van der Waals surface area contributed by atoms with Crippen molar-refractivity contribution in [3.05, 3.63) is 21.5 Å². The van der Waals surface area contributed by atoms with E-state index >= 15 is 0 Å². The van der Waals surface area contributed by atoms with Gasteiger partial charge in [0.2, 0.25) is 0 Å². The molecule has 0 unspecified atom stereocenters. The molecule has 4 heteroatoms. The molecule has 0 amide bonds. The zero-order chi connectivity index (χ0) is 7.56. The Bertz CT molecular complexity index is 219. The topological polar surface area (TPSA) is 24.9 Å². The van der Waals surface area contributed by atoms with E-state index in [9.17, 15) is 0 Å². The second-order valence-electron chi connectivity index (χ2n) is 1.89. The van der Waals surface area contributed by atoms with Crippen molar-refractivity contribution in [3.8, 4) is 0 Å². The van der Waals surface area contributed by atoms with E-state index in [0.717, 1.165) is 15.0 Å². The number of halogens is 2. The minimum Gasteiger partial charge on any atom is -0.296 e. The summed E-state index contributed by atoms with van der Waals surface area (Å²) in [7, 11) is 0. The van der Waals surface area contributed by atoms with Crippen LogP contribution < -0.4 is 4.84 Å². The first-order valence-electron chi connectivity index (χ1n) is 2.73. The first-order chi connectivity index (χ1) is 4.75. The summed E-state index contributed by atoms with van der Waals surface area (Å²) in [5.74, 6) is 0. The molecule has 0 saturated carbocycles. The molecule has 0 aliphatic heterocycles. The Morgan fingerprint density at radius 3 is 2.80 bits per heavy atom. The minimum atomic E-state index is 0.893. The van der Waals surface area contributed by atoms with E-state index in [1.54, 1.807) is 6.20 Å². The highest BCUT2D eigenvalue weighted by atomic mass is 127. The van der Waals surface area contributed by atoms with E-state index in [-0.39, 0.29) is 0 Å². The third-order valence-corrected chi connectivity index (χ3v) is 2.21. The van der Waals surface area contributed by atoms with Crippen LogP contribution in [-0.4, -0.2) is 4.98 Å². The van der Waals surface area contributed by atoms with Crippen molar-refractivity contribution >= 4 is 40.1 Å². The monoisotopic (exact) mass is 268 g/mol. The molecule has 0 aromatic carbocycles. The Labute approximate surface area is 78.2 Å². The summed E-state index contributed by atoms with van der Waals surface area (Å²) in [6.45, 7) is 1.98. The first kappa shape index (κ1) is 8.07. The number of aryl methyl sites for hydroxylation is 1. The smallest absolute Gasteiger partial charge is 0.125 e. The van der Waals surface area contributed by atoms with Gasteiger partial charge in [0.15, 0.2) is 0 Å². The van der Waals surface area contributed by atoms with Gasteiger partial charge in [0.25, 0.3) is 0 Å². The average Bonchev–Trinajstić information content (AvgIpc) is 1.88. The normalized spacial score (nSPS) is 9.50. The highest BCUT2D eigenvalue weighted by Gasteiger charge is 2.00. The Balaban J connectivity index is 3.17. The molecule has 10 heavy (non-hydrogen) atoms. The van der Waals surface area contributed by atoms with E-state index in [1.807, 2.05) is 13.0 Å². The fourth-order valence-corrected chi connectivity index (χ4v) is 1.76. The number of hydrogen-bond acceptors (Lipinski definition) is 2. The van der Waals surface area contributed by atoms with Crippen LogP contribution >= 0.6 is 34.4 Å². The number of nitrogens with zero attached hydrogens (tertiary/aromatic N) is 1. The lowest BCUT2D eigenvalue weighted by molar-refractivity contribution is 1.24. The van der Waals surface area contributed by atoms with Gasteiger partial charge in [0.05, 0.1) is 5.69 Å². The zero-order valence-corrected chi connectivity index (χ0v) is 8.27. The molecule has 2 nitrogen and oxygen atoms in total. The summed E-state index contributed by atoms with van der Waals surface area (Å²) in [5.41, 5.74) is 2.00. The van der Waals surface area contributed by atoms with Crippen LogP contribution in [0.25, 0.3) is 0 Å². The maximum absolute atomic E-state index is 5.44. The third-order valence-electron chi connectivity index (χ3n) is 1.21. The molecule has 0 aliphatic carbocycles. The van der Waals surface area contributed by atoms with Crippen molar-refractivity contribution in [2.75, 3.05) is 4.84 Å². The Morgan fingerprint density at radius 1 is 1.70 bits per heavy atom. The summed E-state index contributed by atoms with van der Waals surface area (Å²) < 4.78 is 0.896. The molecule has 1 aromatic rings. The van der Waals surface area contributed by atoms with Gasteiger partial charge in [0.1, 0.15) is 3.70 Å². The van der Waals surface area contributed by atoms with Gasteiger partial charge in [-0.2, -0.15) is 0 Å². The molecule has 1 N–H and O–H groups in total. The fraction of sp³-hybridized carbons (Fsp3) is 0.167. The van der Waals surface area contributed by atoms with Crippen LogP contribution in [0.5, 0.6) is 0 Å². The summed E-state index contributed by atoms with van der Waals surface area (Å²) in [6, 6.07) is 1.91. The lowest BCUT2D eigenvalue weighted by atomic mass is 10.3. The Kier molecular flexibility index (Phi) is 2.73. The number of aromatic nitrogens is 1. The zero-order valence-electron chi connectivity index (χ0n) is 5.36. The van der Waals surface area contributed by atoms with Gasteiger partial charge in [0, 0.05) is 18.0 Å². The van der Waals surface area contributed by atoms with Crippen LogP contribution in [0.1, 0.15) is 5.56 Å². The second-order valence-corrected chi connectivity index (χ2v) is 3.10. The van der Waals surface area contributed by atoms with Crippen molar-refractivity contribution in [1.82, 2.24) is 4.98 Å². The highest BCUT2D eigenvalue weighted by Crippen LogP contribution is 2.19. The average molecular weight is 268 g/mol. The number of rotatable bonds is 1. The highest BCUT2D eigenvalue weighted by molar-refractivity contribution is 14.1. The Morgan fingerprint density at radius 2 is 2.40 bits per heavy atom. The number of pyridine rings is 1. The third kappa shape index (κ3) is 1.52. The molecule has 1 heterocycles. The summed E-state index contributed by atoms with van der Waals surface area (Å²) in [5, 5.41) is 0. The summed E-state index contributed by atoms with van der Waals surface area (Å²) in [4.78, 5) is 6.62. The standard InChI is InChI=1S/C6H6ClIN2/c1-4-2-3-9-6(8)5(4)10-7/h2-3,10H,1H3. The molecule has 0 spiro atoms. The maximum Gasteiger partial charge on any atom is 0.125 e. The van der Waals surface area contributed by atoms with Gasteiger partial charge in [-0.3, -0.25) is 4.84 Å². The molecule has 0 radical (unpaired) electrons. The van der Waals surface area contributed by atoms with Crippen LogP contribution in [-0.2, 0) is 0 Å². The van der Waals surface area contributed by atoms with Gasteiger partial charge in [-0.25, -0.2) is 4.98 Å². The van der Waals surface area contributed by atoms with Crippen molar-refractivity contribution in [2.45, 2.75) is 6.92 Å². The lowest BCUT2D eigenvalue weighted by Crippen LogP contribution is -1.91. The Hall–Kier alpha value is -0.0300. The first-order valence-corrected chi connectivity index (χ1v) is 4.19. The maximum atomic E-state index is 5.44. The second kappa shape index (κ2) is 3.39. The van der Waals surface area contributed by atoms with Crippen LogP contribution in [0.4, 0.5) is 5.69 Å². The van der Waals surface area contributed by atoms with Crippen LogP contribution in [0.15, 0.2) is 12.3 Å². The molecule has 1 aromatic heterocycles. The molecule has 0 saturated heterocycles. The summed E-state index contributed by atoms with van der Waals surface area (Å²) >= 11 is 7.57. The molecular weight excluding hydrogens is 262 g/mol. The van der Waals surface area contributed by atoms with Gasteiger partial charge in [-0.05, 0) is 41.1 Å². The van der Waals surface area contributed by atoms with Crippen molar-refractivity contribution in [3.63, 3.8) is 0 Å². The minimum absolute atomic E-state index is 0.893. The molecule has 0 atom stereocenters. The number of nitrogens with one attached hydrogen (secondary N) is 1. The molecule has 0 bridgehead atoms. The van der Waals surface area contributed by atoms with Crippen molar-refractivity contribution in [2.24, 2.45) is 0 Å². The van der Waals surface area contributed by atoms with Gasteiger partial charge in [-0.1, -0.05) is 0 Å². The molecule has 0 fully saturated rings. The number of anilines is 1. The predicted octanol–water partition coefficient (Wildman–Crippen LogP) is 2.56. The van der Waals surface area contributed by atoms with Crippen LogP contribution in [0.3, 0.4) is 0 Å². The van der Waals surface area contributed by atoms with Crippen molar-refractivity contribution in [1.29, 1.82) is 0 Å². The molecular formula is C6H6ClIN2. The number of hydrogen-bond donors (Lipinski definition) is 1. The van der Waals surface area contributed by atoms with Gasteiger partial charge >= 0.3 is 0 Å². The van der Waals surface area contributed by atoms with Crippen LogP contribution in [0, 0.1) is 10.6 Å². The quantitative estimate of drug-likeness (QED) is 0.481. The SMILES string of the molecule is Cc1ccnc(I)c1NCl. The largest absolute Gasteiger partial charge is 0.296 e. The van der Waals surface area contributed by atoms with Gasteiger partial charge < -0.3 is 0 Å². The molecule has 1 rings (SSSR count). The molecule has 0 aliphatic rings. The lowest BCUT2D eigenvalue weighted by Gasteiger charge is -2.02. The fourth-order valence-electron chi connectivity index (χ4n) is 0.639.